The Hall–Kier alpha value is -1.91. The van der Waals surface area contributed by atoms with Crippen LogP contribution < -0.4 is 0 Å². The number of hydrogen-bond acceptors (Lipinski definition) is 3. The van der Waals surface area contributed by atoms with Crippen molar-refractivity contribution in [3.63, 3.8) is 0 Å². The molecule has 1 aromatic carbocycles. The molecule has 5 nitrogen and oxygen atoms in total. The zero-order valence-corrected chi connectivity index (χ0v) is 13.4. The molecule has 0 unspecified atom stereocenters. The molecule has 0 amide bonds. The normalized spacial score (nSPS) is 22.0. The minimum atomic E-state index is -0.353. The first-order valence-corrected chi connectivity index (χ1v) is 7.41. The zero-order chi connectivity index (χ0) is 15.7. The summed E-state index contributed by atoms with van der Waals surface area (Å²) in [6.45, 7) is 8.84. The first-order valence-electron chi connectivity index (χ1n) is 7.41. The van der Waals surface area contributed by atoms with Gasteiger partial charge in [-0.1, -0.05) is 13.8 Å². The Balaban J connectivity index is 2.36. The van der Waals surface area contributed by atoms with E-state index in [1.807, 2.05) is 12.1 Å². The van der Waals surface area contributed by atoms with E-state index in [-0.39, 0.29) is 16.7 Å². The van der Waals surface area contributed by atoms with Gasteiger partial charge in [0.05, 0.1) is 18.0 Å². The number of nitro benzene ring substituents is 1. The maximum absolute atomic E-state index is 10.8. The van der Waals surface area contributed by atoms with Gasteiger partial charge in [0.25, 0.3) is 5.69 Å². The van der Waals surface area contributed by atoms with Gasteiger partial charge in [-0.2, -0.15) is 0 Å². The van der Waals surface area contributed by atoms with Crippen molar-refractivity contribution in [3.05, 3.63) is 39.9 Å². The summed E-state index contributed by atoms with van der Waals surface area (Å²) in [5, 5.41) is 10.8. The van der Waals surface area contributed by atoms with Crippen molar-refractivity contribution in [2.45, 2.75) is 45.8 Å². The van der Waals surface area contributed by atoms with Crippen molar-refractivity contribution in [2.24, 2.45) is 5.92 Å². The van der Waals surface area contributed by atoms with Crippen LogP contribution in [0.3, 0.4) is 0 Å². The highest BCUT2D eigenvalue weighted by Gasteiger charge is 2.44. The van der Waals surface area contributed by atoms with Crippen molar-refractivity contribution in [1.82, 2.24) is 4.90 Å². The van der Waals surface area contributed by atoms with Crippen LogP contribution in [0.2, 0.25) is 0 Å². The summed E-state index contributed by atoms with van der Waals surface area (Å²) < 4.78 is 2.21. The Kier molecular flexibility index (Phi) is 4.30. The molecular formula is C16H24N3O2+. The van der Waals surface area contributed by atoms with E-state index in [4.69, 9.17) is 0 Å². The summed E-state index contributed by atoms with van der Waals surface area (Å²) in [6, 6.07) is 7.99. The van der Waals surface area contributed by atoms with E-state index < -0.39 is 0 Å². The van der Waals surface area contributed by atoms with E-state index in [9.17, 15) is 10.1 Å². The van der Waals surface area contributed by atoms with Crippen LogP contribution in [0.5, 0.6) is 0 Å². The second-order valence-corrected chi connectivity index (χ2v) is 6.35. The molecule has 1 heterocycles. The number of hydrogen-bond donors (Lipinski definition) is 0. The summed E-state index contributed by atoms with van der Waals surface area (Å²) >= 11 is 0. The van der Waals surface area contributed by atoms with Crippen molar-refractivity contribution in [2.75, 3.05) is 7.05 Å². The van der Waals surface area contributed by atoms with Crippen molar-refractivity contribution in [1.29, 1.82) is 0 Å². The molecule has 0 saturated carbocycles. The van der Waals surface area contributed by atoms with E-state index in [0.717, 1.165) is 5.56 Å². The zero-order valence-electron chi connectivity index (χ0n) is 13.4. The molecule has 1 aliphatic heterocycles. The monoisotopic (exact) mass is 290 g/mol. The molecule has 0 aromatic heterocycles. The molecule has 0 fully saturated rings. The van der Waals surface area contributed by atoms with Crippen LogP contribution >= 0.6 is 0 Å². The Labute approximate surface area is 126 Å². The molecule has 0 saturated heterocycles. The van der Waals surface area contributed by atoms with E-state index in [0.29, 0.717) is 18.0 Å². The van der Waals surface area contributed by atoms with Crippen LogP contribution in [-0.4, -0.2) is 39.9 Å². The number of nitro groups is 1. The molecule has 2 atom stereocenters. The molecule has 21 heavy (non-hydrogen) atoms. The average Bonchev–Trinajstić information content (AvgIpc) is 2.76. The molecule has 1 aromatic rings. The highest BCUT2D eigenvalue weighted by molar-refractivity contribution is 5.53. The highest BCUT2D eigenvalue weighted by Crippen LogP contribution is 2.34. The molecular weight excluding hydrogens is 266 g/mol. The first kappa shape index (κ1) is 15.5. The fourth-order valence-corrected chi connectivity index (χ4v) is 3.18. The van der Waals surface area contributed by atoms with Crippen LogP contribution in [0.15, 0.2) is 24.3 Å². The van der Waals surface area contributed by atoms with Gasteiger partial charge in [-0.05, 0) is 31.9 Å². The van der Waals surface area contributed by atoms with Crippen molar-refractivity contribution >= 4 is 12.0 Å². The number of nitrogens with zero attached hydrogens (tertiary/aromatic N) is 3. The van der Waals surface area contributed by atoms with Gasteiger partial charge in [-0.3, -0.25) is 19.6 Å². The number of non-ortho nitro benzene ring substituents is 1. The Morgan fingerprint density at radius 1 is 1.19 bits per heavy atom. The van der Waals surface area contributed by atoms with Crippen LogP contribution in [-0.2, 0) is 0 Å². The maximum atomic E-state index is 10.8. The summed E-state index contributed by atoms with van der Waals surface area (Å²) in [5.74, 6) is 0.494. The fraction of sp³-hybridized carbons (Fsp3) is 0.562. The Morgan fingerprint density at radius 3 is 2.19 bits per heavy atom. The third-order valence-corrected chi connectivity index (χ3v) is 4.15. The predicted molar refractivity (Wildman–Crippen MR) is 83.7 cm³/mol. The number of rotatable bonds is 4. The van der Waals surface area contributed by atoms with Gasteiger partial charge in [-0.15, -0.1) is 0 Å². The second kappa shape index (κ2) is 5.84. The molecule has 5 heteroatoms. The Bertz CT molecular complexity index is 549. The Morgan fingerprint density at radius 2 is 1.76 bits per heavy atom. The third kappa shape index (κ3) is 2.91. The van der Waals surface area contributed by atoms with E-state index in [1.54, 1.807) is 12.1 Å². The summed E-state index contributed by atoms with van der Waals surface area (Å²) in [6.07, 6.45) is 2.17. The second-order valence-electron chi connectivity index (χ2n) is 6.35. The number of benzene rings is 1. The van der Waals surface area contributed by atoms with E-state index in [2.05, 4.69) is 50.6 Å². The fourth-order valence-electron chi connectivity index (χ4n) is 3.18. The van der Waals surface area contributed by atoms with Crippen LogP contribution in [0, 0.1) is 16.0 Å². The average molecular weight is 290 g/mol. The SMILES string of the molecule is CC(C)[C@H]1[C@H](c2ccc([N+](=O)[O-])cc2)[N+](C)=CN1C(C)C. The molecule has 0 aliphatic carbocycles. The lowest BCUT2D eigenvalue weighted by atomic mass is 9.90. The van der Waals surface area contributed by atoms with Gasteiger partial charge in [0, 0.05) is 17.7 Å². The largest absolute Gasteiger partial charge is 0.269 e. The molecule has 0 N–H and O–H groups in total. The maximum Gasteiger partial charge on any atom is 0.269 e. The summed E-state index contributed by atoms with van der Waals surface area (Å²) in [7, 11) is 2.07. The third-order valence-electron chi connectivity index (χ3n) is 4.15. The topological polar surface area (TPSA) is 49.4 Å². The van der Waals surface area contributed by atoms with Crippen LogP contribution in [0.25, 0.3) is 0 Å². The molecule has 0 bridgehead atoms. The molecule has 114 valence electrons. The first-order chi connectivity index (χ1) is 9.82. The summed E-state index contributed by atoms with van der Waals surface area (Å²) in [5.41, 5.74) is 1.27. The van der Waals surface area contributed by atoms with Gasteiger partial charge >= 0.3 is 0 Å². The quantitative estimate of drug-likeness (QED) is 0.486. The predicted octanol–water partition coefficient (Wildman–Crippen LogP) is 3.06. The smallest absolute Gasteiger partial charge is 0.260 e. The van der Waals surface area contributed by atoms with Gasteiger partial charge < -0.3 is 0 Å². The summed E-state index contributed by atoms with van der Waals surface area (Å²) in [4.78, 5) is 12.8. The van der Waals surface area contributed by atoms with Gasteiger partial charge in [0.15, 0.2) is 6.04 Å². The highest BCUT2D eigenvalue weighted by atomic mass is 16.6. The molecule has 2 rings (SSSR count). The molecule has 0 spiro atoms. The van der Waals surface area contributed by atoms with E-state index in [1.165, 1.54) is 0 Å². The lowest BCUT2D eigenvalue weighted by Gasteiger charge is -2.28. The minimum Gasteiger partial charge on any atom is -0.260 e. The van der Waals surface area contributed by atoms with Crippen molar-refractivity contribution in [3.8, 4) is 0 Å². The number of likely N-dealkylation sites (N-methyl/N-ethyl adjacent to an activating group) is 1. The molecule has 1 aliphatic rings. The van der Waals surface area contributed by atoms with Gasteiger partial charge in [-0.25, -0.2) is 0 Å². The van der Waals surface area contributed by atoms with Gasteiger partial charge in [0.2, 0.25) is 6.34 Å². The van der Waals surface area contributed by atoms with E-state index >= 15 is 0 Å². The van der Waals surface area contributed by atoms with Crippen molar-refractivity contribution < 1.29 is 9.50 Å². The van der Waals surface area contributed by atoms with Crippen LogP contribution in [0.1, 0.15) is 39.3 Å². The van der Waals surface area contributed by atoms with Gasteiger partial charge in [0.1, 0.15) is 6.04 Å². The minimum absolute atomic E-state index is 0.144. The molecule has 0 radical (unpaired) electrons. The lowest BCUT2D eigenvalue weighted by molar-refractivity contribution is -0.535. The standard InChI is InChI=1S/C16H24N3O2/c1-11(2)15-16(17(5)10-18(15)12(3)4)13-6-8-14(9-7-13)19(20)21/h6-12,15-16H,1-5H3/q+1/t15-,16-/m0/s1. The van der Waals surface area contributed by atoms with Crippen LogP contribution in [0.4, 0.5) is 5.69 Å². The lowest BCUT2D eigenvalue weighted by Crippen LogP contribution is -2.41.